The monoisotopic (exact) mass is 508 g/mol. The van der Waals surface area contributed by atoms with Crippen LogP contribution in [-0.2, 0) is 16.1 Å². The summed E-state index contributed by atoms with van der Waals surface area (Å²) in [5, 5.41) is 0.294. The van der Waals surface area contributed by atoms with Crippen molar-refractivity contribution < 1.29 is 27.7 Å². The molecule has 5 rings (SSSR count). The van der Waals surface area contributed by atoms with E-state index in [0.717, 1.165) is 12.2 Å². The van der Waals surface area contributed by atoms with Gasteiger partial charge in [0.05, 0.1) is 13.2 Å². The van der Waals surface area contributed by atoms with E-state index in [9.17, 15) is 8.78 Å². The lowest BCUT2D eigenvalue weighted by molar-refractivity contribution is 0.00820. The van der Waals surface area contributed by atoms with Gasteiger partial charge in [0.1, 0.15) is 35.8 Å². The molecule has 1 aliphatic heterocycles. The molecule has 1 saturated heterocycles. The zero-order valence-electron chi connectivity index (χ0n) is 19.3. The second-order valence-corrected chi connectivity index (χ2v) is 8.80. The van der Waals surface area contributed by atoms with Gasteiger partial charge < -0.3 is 18.9 Å². The van der Waals surface area contributed by atoms with Gasteiger partial charge in [-0.25, -0.2) is 8.78 Å². The molecule has 0 amide bonds. The van der Waals surface area contributed by atoms with E-state index in [-0.39, 0.29) is 12.9 Å². The fourth-order valence-corrected chi connectivity index (χ4v) is 3.83. The average Bonchev–Trinajstić information content (AvgIpc) is 3.71. The van der Waals surface area contributed by atoms with Crippen molar-refractivity contribution in [1.29, 1.82) is 0 Å². The Labute approximate surface area is 213 Å². The lowest BCUT2D eigenvalue weighted by atomic mass is 9.99. The summed E-state index contributed by atoms with van der Waals surface area (Å²) in [5.74, 6) is 0.442. The summed E-state index contributed by atoms with van der Waals surface area (Å²) in [5.41, 5.74) is 2.84. The number of halogens is 3. The maximum atomic E-state index is 14.9. The van der Waals surface area contributed by atoms with E-state index in [2.05, 4.69) is 0 Å². The summed E-state index contributed by atoms with van der Waals surface area (Å²) >= 11 is 5.81. The van der Waals surface area contributed by atoms with Crippen LogP contribution in [0, 0.1) is 11.6 Å². The van der Waals surface area contributed by atoms with E-state index in [0.29, 0.717) is 52.0 Å². The predicted octanol–water partition coefficient (Wildman–Crippen LogP) is 7.28. The zero-order valence-corrected chi connectivity index (χ0v) is 20.0. The molecule has 1 unspecified atom stereocenters. The molecule has 184 valence electrons. The number of benzene rings is 4. The molecule has 1 heterocycles. The van der Waals surface area contributed by atoms with Crippen LogP contribution in [0.5, 0.6) is 11.5 Å². The molecule has 4 aromatic carbocycles. The highest BCUT2D eigenvalue weighted by atomic mass is 35.5. The molecule has 4 aromatic rings. The molecule has 0 bridgehead atoms. The molecule has 36 heavy (non-hydrogen) atoms. The van der Waals surface area contributed by atoms with Crippen LogP contribution in [-0.4, -0.2) is 26.1 Å². The molecular formula is C29H23ClF2O4. The van der Waals surface area contributed by atoms with Crippen LogP contribution in [0.15, 0.2) is 84.9 Å². The summed E-state index contributed by atoms with van der Waals surface area (Å²) in [4.78, 5) is 0. The maximum absolute atomic E-state index is 14.9. The topological polar surface area (TPSA) is 40.2 Å². The Morgan fingerprint density at radius 1 is 0.750 bits per heavy atom. The number of hydrogen-bond donors (Lipinski definition) is 0. The van der Waals surface area contributed by atoms with Gasteiger partial charge >= 0.3 is 0 Å². The van der Waals surface area contributed by atoms with Crippen molar-refractivity contribution >= 4 is 11.6 Å². The summed E-state index contributed by atoms with van der Waals surface area (Å²) in [6.07, 6.45) is 0.216. The van der Waals surface area contributed by atoms with Crippen LogP contribution >= 0.6 is 11.6 Å². The van der Waals surface area contributed by atoms with Crippen LogP contribution in [0.25, 0.3) is 22.3 Å². The Balaban J connectivity index is 1.16. The molecule has 0 aromatic heterocycles. The largest absolute Gasteiger partial charge is 0.489 e. The zero-order chi connectivity index (χ0) is 24.9. The third-order valence-electron chi connectivity index (χ3n) is 5.72. The lowest BCUT2D eigenvalue weighted by Gasteiger charge is -2.10. The van der Waals surface area contributed by atoms with Crippen molar-refractivity contribution in [3.8, 4) is 33.8 Å². The van der Waals surface area contributed by atoms with E-state index < -0.39 is 11.6 Å². The van der Waals surface area contributed by atoms with Gasteiger partial charge in [0.15, 0.2) is 6.79 Å². The molecule has 0 saturated carbocycles. The van der Waals surface area contributed by atoms with Crippen molar-refractivity contribution in [2.45, 2.75) is 12.7 Å². The van der Waals surface area contributed by atoms with Gasteiger partial charge in [-0.3, -0.25) is 0 Å². The molecule has 0 radical (unpaired) electrons. The normalized spacial score (nSPS) is 14.5. The van der Waals surface area contributed by atoms with Gasteiger partial charge in [-0.05, 0) is 65.2 Å². The van der Waals surface area contributed by atoms with Crippen molar-refractivity contribution in [3.05, 3.63) is 107 Å². The Bertz CT molecular complexity index is 1320. The summed E-state index contributed by atoms with van der Waals surface area (Å²) in [6, 6.07) is 23.7. The molecular weight excluding hydrogens is 486 g/mol. The Kier molecular flexibility index (Phi) is 7.47. The maximum Gasteiger partial charge on any atom is 0.189 e. The SMILES string of the molecule is Fc1cc(Cl)ccc1-c1ccc(-c2ccc(OCc3ccc(OCOCC4CO4)cc3)cc2)c(F)c1. The van der Waals surface area contributed by atoms with Crippen molar-refractivity contribution in [2.75, 3.05) is 20.0 Å². The fraction of sp³-hybridized carbons (Fsp3) is 0.172. The number of rotatable bonds is 10. The van der Waals surface area contributed by atoms with Gasteiger partial charge in [-0.1, -0.05) is 48.0 Å². The molecule has 0 spiro atoms. The van der Waals surface area contributed by atoms with Gasteiger partial charge in [-0.15, -0.1) is 0 Å². The third-order valence-corrected chi connectivity index (χ3v) is 5.96. The molecule has 1 atom stereocenters. The first-order valence-corrected chi connectivity index (χ1v) is 11.8. The standard InChI is InChI=1S/C29H23ClF2O4/c30-22-6-12-27(29(32)14-22)21-5-11-26(28(31)13-21)20-3-9-23(10-4-20)34-15-19-1-7-24(8-2-19)36-18-33-16-25-17-35-25/h1-14,25H,15-18H2. The Hall–Kier alpha value is -3.45. The average molecular weight is 509 g/mol. The fourth-order valence-electron chi connectivity index (χ4n) is 3.67. The number of epoxide rings is 1. The van der Waals surface area contributed by atoms with E-state index in [1.54, 1.807) is 48.5 Å². The van der Waals surface area contributed by atoms with E-state index in [1.165, 1.54) is 12.1 Å². The molecule has 1 fully saturated rings. The third kappa shape index (κ3) is 6.21. The molecule has 4 nitrogen and oxygen atoms in total. The smallest absolute Gasteiger partial charge is 0.189 e. The number of hydrogen-bond acceptors (Lipinski definition) is 4. The lowest BCUT2D eigenvalue weighted by Crippen LogP contribution is -2.07. The minimum absolute atomic E-state index is 0.184. The van der Waals surface area contributed by atoms with Gasteiger partial charge in [0.2, 0.25) is 0 Å². The van der Waals surface area contributed by atoms with Crippen LogP contribution in [0.4, 0.5) is 8.78 Å². The van der Waals surface area contributed by atoms with Crippen molar-refractivity contribution in [3.63, 3.8) is 0 Å². The van der Waals surface area contributed by atoms with Crippen LogP contribution in [0.2, 0.25) is 5.02 Å². The molecule has 7 heteroatoms. The highest BCUT2D eigenvalue weighted by Crippen LogP contribution is 2.31. The highest BCUT2D eigenvalue weighted by molar-refractivity contribution is 6.30. The van der Waals surface area contributed by atoms with Crippen LogP contribution in [0.3, 0.4) is 0 Å². The Morgan fingerprint density at radius 2 is 1.36 bits per heavy atom. The first kappa shape index (κ1) is 24.3. The van der Waals surface area contributed by atoms with Crippen LogP contribution < -0.4 is 9.47 Å². The van der Waals surface area contributed by atoms with Gasteiger partial charge in [0.25, 0.3) is 0 Å². The summed E-state index contributed by atoms with van der Waals surface area (Å²) in [6.45, 7) is 1.87. The summed E-state index contributed by atoms with van der Waals surface area (Å²) in [7, 11) is 0. The van der Waals surface area contributed by atoms with E-state index in [1.807, 2.05) is 24.3 Å². The van der Waals surface area contributed by atoms with Crippen LogP contribution in [0.1, 0.15) is 5.56 Å². The first-order valence-electron chi connectivity index (χ1n) is 11.4. The van der Waals surface area contributed by atoms with Gasteiger partial charge in [-0.2, -0.15) is 0 Å². The van der Waals surface area contributed by atoms with Crippen molar-refractivity contribution in [1.82, 2.24) is 0 Å². The quantitative estimate of drug-likeness (QED) is 0.128. The summed E-state index contributed by atoms with van der Waals surface area (Å²) < 4.78 is 50.9. The first-order chi connectivity index (χ1) is 17.5. The minimum Gasteiger partial charge on any atom is -0.489 e. The highest BCUT2D eigenvalue weighted by Gasteiger charge is 2.22. The molecule has 0 aliphatic carbocycles. The van der Waals surface area contributed by atoms with Gasteiger partial charge in [0, 0.05) is 16.1 Å². The van der Waals surface area contributed by atoms with Crippen molar-refractivity contribution in [2.24, 2.45) is 0 Å². The molecule has 0 N–H and O–H groups in total. The predicted molar refractivity (Wildman–Crippen MR) is 134 cm³/mol. The van der Waals surface area contributed by atoms with E-state index >= 15 is 0 Å². The van der Waals surface area contributed by atoms with E-state index in [4.69, 9.17) is 30.5 Å². The second kappa shape index (κ2) is 11.1. The molecule has 1 aliphatic rings. The number of ether oxygens (including phenoxy) is 4. The second-order valence-electron chi connectivity index (χ2n) is 8.36. The minimum atomic E-state index is -0.494. The Morgan fingerprint density at radius 3 is 2.06 bits per heavy atom.